The number of benzene rings is 1. The lowest BCUT2D eigenvalue weighted by Gasteiger charge is -2.26. The maximum absolute atomic E-state index is 12.6. The third kappa shape index (κ3) is 5.02. The van der Waals surface area contributed by atoms with Gasteiger partial charge in [-0.15, -0.1) is 0 Å². The van der Waals surface area contributed by atoms with Crippen LogP contribution in [0.3, 0.4) is 0 Å². The van der Waals surface area contributed by atoms with Gasteiger partial charge in [-0.1, -0.05) is 48.5 Å². The second kappa shape index (κ2) is 9.64. The second-order valence-corrected chi connectivity index (χ2v) is 6.77. The molecule has 0 spiro atoms. The number of thiol groups is 1. The van der Waals surface area contributed by atoms with E-state index in [-0.39, 0.29) is 17.6 Å². The van der Waals surface area contributed by atoms with Crippen molar-refractivity contribution in [3.63, 3.8) is 0 Å². The van der Waals surface area contributed by atoms with Crippen molar-refractivity contribution < 1.29 is 9.59 Å². The van der Waals surface area contributed by atoms with Gasteiger partial charge in [0.25, 0.3) is 7.41 Å². The Morgan fingerprint density at radius 1 is 1.50 bits per heavy atom. The Labute approximate surface area is 160 Å². The van der Waals surface area contributed by atoms with Gasteiger partial charge in [0.15, 0.2) is 0 Å². The molecule has 1 heterocycles. The monoisotopic (exact) mass is 371 g/mol. The van der Waals surface area contributed by atoms with Gasteiger partial charge in [-0.3, -0.25) is 9.59 Å². The van der Waals surface area contributed by atoms with E-state index in [9.17, 15) is 9.59 Å². The summed E-state index contributed by atoms with van der Waals surface area (Å²) < 4.78 is 0. The van der Waals surface area contributed by atoms with Crippen molar-refractivity contribution in [1.29, 1.82) is 0 Å². The fourth-order valence-corrected chi connectivity index (χ4v) is 3.17. The van der Waals surface area contributed by atoms with Gasteiger partial charge in [0.05, 0.1) is 6.04 Å². The average Bonchev–Trinajstić information content (AvgIpc) is 3.14. The molecule has 0 aliphatic carbocycles. The summed E-state index contributed by atoms with van der Waals surface area (Å²) in [4.78, 5) is 26.5. The number of carbonyl (C=O) groups excluding carboxylic acids is 2. The zero-order valence-electron chi connectivity index (χ0n) is 15.1. The predicted molar refractivity (Wildman–Crippen MR) is 111 cm³/mol. The van der Waals surface area contributed by atoms with E-state index in [4.69, 9.17) is 5.73 Å². The Morgan fingerprint density at radius 3 is 2.88 bits per heavy atom. The number of allylic oxidation sites excluding steroid dienone is 2. The summed E-state index contributed by atoms with van der Waals surface area (Å²) in [5.74, 6) is -0.0782. The summed E-state index contributed by atoms with van der Waals surface area (Å²) in [6, 6.07) is 6.72. The van der Waals surface area contributed by atoms with Crippen LogP contribution in [0.2, 0.25) is 0 Å². The highest BCUT2D eigenvalue weighted by Gasteiger charge is 2.35. The van der Waals surface area contributed by atoms with Crippen LogP contribution in [-0.2, 0) is 9.59 Å². The second-order valence-electron chi connectivity index (χ2n) is 6.40. The Balaban J connectivity index is 2.03. The Kier molecular flexibility index (Phi) is 7.54. The Hall–Kier alpha value is -1.99. The molecule has 3 N–H and O–H groups in total. The molecule has 1 saturated heterocycles. The molecule has 138 valence electrons. The molecule has 0 unspecified atom stereocenters. The zero-order chi connectivity index (χ0) is 19.1. The first kappa shape index (κ1) is 20.3. The molecular formula is C19H26BN3O2S. The maximum Gasteiger partial charge on any atom is 0.269 e. The van der Waals surface area contributed by atoms with Gasteiger partial charge in [-0.05, 0) is 30.2 Å². The van der Waals surface area contributed by atoms with E-state index in [0.717, 1.165) is 22.3 Å². The fourth-order valence-electron chi connectivity index (χ4n) is 3.01. The zero-order valence-corrected chi connectivity index (χ0v) is 16.0. The Morgan fingerprint density at radius 2 is 2.23 bits per heavy atom. The fraction of sp³-hybridized carbons (Fsp3) is 0.368. The molecule has 1 aliphatic heterocycles. The van der Waals surface area contributed by atoms with Crippen LogP contribution in [0.5, 0.6) is 0 Å². The Bertz CT molecular complexity index is 796. The highest BCUT2D eigenvalue weighted by atomic mass is 32.1. The average molecular weight is 371 g/mol. The smallest absolute Gasteiger partial charge is 0.269 e. The molecule has 2 rings (SSSR count). The molecule has 1 aliphatic rings. The molecule has 0 aromatic heterocycles. The summed E-state index contributed by atoms with van der Waals surface area (Å²) in [7, 11) is 0.404. The largest absolute Gasteiger partial charge is 0.396 e. The number of rotatable bonds is 6. The van der Waals surface area contributed by atoms with Gasteiger partial charge < -0.3 is 15.9 Å². The van der Waals surface area contributed by atoms with Crippen LogP contribution in [-0.4, -0.2) is 48.5 Å². The van der Waals surface area contributed by atoms with Crippen LogP contribution >= 0.6 is 12.6 Å². The number of hydrogen-bond donors (Lipinski definition) is 3. The van der Waals surface area contributed by atoms with Crippen molar-refractivity contribution in [2.24, 2.45) is 5.73 Å². The van der Waals surface area contributed by atoms with E-state index < -0.39 is 12.1 Å². The molecule has 1 aromatic rings. The van der Waals surface area contributed by atoms with Gasteiger partial charge >= 0.3 is 0 Å². The summed E-state index contributed by atoms with van der Waals surface area (Å²) in [6.07, 6.45) is 5.44. The maximum atomic E-state index is 12.6. The SMILES string of the molecule is C=c1cccc/c1=C/C(BNC(=O)[C@H]1CCCN1C(=O)[C@H](N)CS)=C\C. The minimum absolute atomic E-state index is 0.141. The highest BCUT2D eigenvalue weighted by Crippen LogP contribution is 2.18. The van der Waals surface area contributed by atoms with Crippen LogP contribution in [0.4, 0.5) is 0 Å². The van der Waals surface area contributed by atoms with Crippen molar-refractivity contribution in [1.82, 2.24) is 10.1 Å². The number of amides is 2. The lowest BCUT2D eigenvalue weighted by molar-refractivity contribution is -0.138. The molecule has 7 heteroatoms. The van der Waals surface area contributed by atoms with Crippen LogP contribution in [0, 0.1) is 0 Å². The molecule has 0 radical (unpaired) electrons. The number of likely N-dealkylation sites (tertiary alicyclic amines) is 1. The lowest BCUT2D eigenvalue weighted by Crippen LogP contribution is -2.52. The van der Waals surface area contributed by atoms with Crippen LogP contribution in [0.25, 0.3) is 12.7 Å². The first-order valence-corrected chi connectivity index (χ1v) is 9.46. The molecule has 0 saturated carbocycles. The van der Waals surface area contributed by atoms with Gasteiger partial charge in [-0.2, -0.15) is 12.6 Å². The van der Waals surface area contributed by atoms with E-state index in [0.29, 0.717) is 20.4 Å². The van der Waals surface area contributed by atoms with E-state index >= 15 is 0 Å². The molecule has 1 fully saturated rings. The van der Waals surface area contributed by atoms with Crippen molar-refractivity contribution >= 4 is 44.5 Å². The number of carbonyl (C=O) groups is 2. The van der Waals surface area contributed by atoms with Gasteiger partial charge in [0.1, 0.15) is 6.04 Å². The molecule has 5 nitrogen and oxygen atoms in total. The standard InChI is InChI=1S/C19H26BN3O2S/c1-3-15(11-14-8-5-4-7-13(14)2)20-22-18(24)17-9-6-10-23(17)19(25)16(21)12-26/h3-5,7-8,11,16-17,20,26H,2,6,9-10,12,21H2,1H3,(H,22,24)/b14-11-,15-3+/t16-,17-/m1/s1. The van der Waals surface area contributed by atoms with Crippen molar-refractivity contribution in [2.45, 2.75) is 31.8 Å². The van der Waals surface area contributed by atoms with Crippen LogP contribution < -0.4 is 21.4 Å². The lowest BCUT2D eigenvalue weighted by atomic mass is 9.80. The van der Waals surface area contributed by atoms with E-state index in [1.54, 1.807) is 4.90 Å². The summed E-state index contributed by atoms with van der Waals surface area (Å²) >= 11 is 4.08. The van der Waals surface area contributed by atoms with Crippen LogP contribution in [0.1, 0.15) is 19.8 Å². The summed E-state index contributed by atoms with van der Waals surface area (Å²) in [6.45, 7) is 6.51. The first-order chi connectivity index (χ1) is 12.5. The normalized spacial score (nSPS) is 19.3. The highest BCUT2D eigenvalue weighted by molar-refractivity contribution is 7.80. The number of nitrogens with two attached hydrogens (primary N) is 1. The van der Waals surface area contributed by atoms with E-state index in [1.165, 1.54) is 0 Å². The van der Waals surface area contributed by atoms with Gasteiger partial charge in [-0.25, -0.2) is 0 Å². The molecule has 1 aromatic carbocycles. The third-order valence-electron chi connectivity index (χ3n) is 4.59. The third-order valence-corrected chi connectivity index (χ3v) is 4.98. The molecular weight excluding hydrogens is 345 g/mol. The first-order valence-electron chi connectivity index (χ1n) is 8.83. The van der Waals surface area contributed by atoms with Gasteiger partial charge in [0.2, 0.25) is 11.8 Å². The van der Waals surface area contributed by atoms with Crippen LogP contribution in [0.15, 0.2) is 35.8 Å². The summed E-state index contributed by atoms with van der Waals surface area (Å²) in [5, 5.41) is 4.90. The molecule has 2 atom stereocenters. The predicted octanol–water partition coefficient (Wildman–Crippen LogP) is -0.503. The number of nitrogens with zero attached hydrogens (tertiary/aromatic N) is 1. The molecule has 2 amide bonds. The topological polar surface area (TPSA) is 75.4 Å². The van der Waals surface area contributed by atoms with Gasteiger partial charge in [0, 0.05) is 12.3 Å². The number of hydrogen-bond acceptors (Lipinski definition) is 4. The quantitative estimate of drug-likeness (QED) is 0.466. The van der Waals surface area contributed by atoms with Crippen molar-refractivity contribution in [2.75, 3.05) is 12.3 Å². The summed E-state index contributed by atoms with van der Waals surface area (Å²) in [5.41, 5.74) is 6.77. The minimum atomic E-state index is -0.667. The minimum Gasteiger partial charge on any atom is -0.396 e. The molecule has 0 bridgehead atoms. The van der Waals surface area contributed by atoms with Crippen molar-refractivity contribution in [3.8, 4) is 0 Å². The van der Waals surface area contributed by atoms with E-state index in [2.05, 4.69) is 24.4 Å². The van der Waals surface area contributed by atoms with Crippen molar-refractivity contribution in [3.05, 3.63) is 46.3 Å². The molecule has 26 heavy (non-hydrogen) atoms. The van der Waals surface area contributed by atoms with E-state index in [1.807, 2.05) is 43.3 Å². The number of nitrogens with one attached hydrogen (secondary N) is 1.